The zero-order valence-corrected chi connectivity index (χ0v) is 29.1. The number of halogens is 5. The molecule has 4 rings (SSSR count). The van der Waals surface area contributed by atoms with Crippen molar-refractivity contribution in [3.8, 4) is 11.5 Å². The number of hydrogen-bond acceptors (Lipinski definition) is 10. The molecule has 3 aromatic carbocycles. The molecule has 0 bridgehead atoms. The van der Waals surface area contributed by atoms with Gasteiger partial charge in [0.15, 0.2) is 9.84 Å². The van der Waals surface area contributed by atoms with Crippen molar-refractivity contribution in [2.45, 2.75) is 68.7 Å². The average molecular weight is 773 g/mol. The number of hydrogen-bond donors (Lipinski definition) is 2. The SMILES string of the molecule is CCS(=O)(=O)c1ccc(C(CCOC(=O)CCC(=O)O)NC(=O)c2ccc(N3C[C@@H](Oc4ccc(OC(F)(F)F)cc4)C[C@H]3COC(F)F)cc2)cc1. The Kier molecular flexibility index (Phi) is 14.0. The zero-order valence-electron chi connectivity index (χ0n) is 28.3. The van der Waals surface area contributed by atoms with Crippen LogP contribution >= 0.6 is 0 Å². The third-order valence-electron chi connectivity index (χ3n) is 8.15. The summed E-state index contributed by atoms with van der Waals surface area (Å²) in [7, 11) is -3.50. The molecule has 53 heavy (non-hydrogen) atoms. The maximum atomic E-state index is 13.4. The number of alkyl halides is 5. The van der Waals surface area contributed by atoms with E-state index in [4.69, 9.17) is 14.6 Å². The second-order valence-electron chi connectivity index (χ2n) is 11.8. The molecule has 12 nitrogen and oxygen atoms in total. The normalized spacial score (nSPS) is 16.6. The number of anilines is 1. The van der Waals surface area contributed by atoms with E-state index in [1.807, 2.05) is 0 Å². The molecule has 0 aromatic heterocycles. The number of amides is 1. The van der Waals surface area contributed by atoms with E-state index in [9.17, 15) is 44.8 Å². The number of carboxylic acids is 1. The lowest BCUT2D eigenvalue weighted by Crippen LogP contribution is -2.34. The van der Waals surface area contributed by atoms with Gasteiger partial charge >= 0.3 is 24.9 Å². The number of benzene rings is 3. The average Bonchev–Trinajstić information content (AvgIpc) is 3.52. The molecular formula is C35H37F5N2O10S. The van der Waals surface area contributed by atoms with E-state index in [1.165, 1.54) is 55.5 Å². The molecule has 0 saturated carbocycles. The first-order valence-corrected chi connectivity index (χ1v) is 18.0. The van der Waals surface area contributed by atoms with Crippen LogP contribution in [-0.2, 0) is 28.9 Å². The number of nitrogens with zero attached hydrogens (tertiary/aromatic N) is 1. The van der Waals surface area contributed by atoms with Crippen LogP contribution in [0, 0.1) is 0 Å². The van der Waals surface area contributed by atoms with Crippen molar-refractivity contribution in [2.75, 3.05) is 30.4 Å². The molecular weight excluding hydrogens is 735 g/mol. The first-order chi connectivity index (χ1) is 25.0. The number of aliphatic carboxylic acids is 1. The molecule has 0 radical (unpaired) electrons. The Balaban J connectivity index is 1.46. The molecule has 18 heteroatoms. The van der Waals surface area contributed by atoms with Crippen molar-refractivity contribution in [1.82, 2.24) is 5.32 Å². The smallest absolute Gasteiger partial charge is 0.489 e. The van der Waals surface area contributed by atoms with E-state index in [0.29, 0.717) is 11.3 Å². The Bertz CT molecular complexity index is 1790. The van der Waals surface area contributed by atoms with E-state index in [2.05, 4.69) is 14.8 Å². The van der Waals surface area contributed by atoms with Crippen LogP contribution in [0.1, 0.15) is 54.6 Å². The lowest BCUT2D eigenvalue weighted by Gasteiger charge is -2.26. The molecule has 1 amide bonds. The first-order valence-electron chi connectivity index (χ1n) is 16.3. The van der Waals surface area contributed by atoms with Crippen molar-refractivity contribution < 1.29 is 68.8 Å². The molecule has 0 spiro atoms. The lowest BCUT2D eigenvalue weighted by atomic mass is 10.0. The highest BCUT2D eigenvalue weighted by Crippen LogP contribution is 2.31. The number of rotatable bonds is 18. The van der Waals surface area contributed by atoms with Gasteiger partial charge < -0.3 is 34.3 Å². The quantitative estimate of drug-likeness (QED) is 0.117. The highest BCUT2D eigenvalue weighted by atomic mass is 32.2. The van der Waals surface area contributed by atoms with Crippen LogP contribution in [0.15, 0.2) is 77.7 Å². The Hall–Kier alpha value is -4.97. The Labute approximate surface area is 301 Å². The highest BCUT2D eigenvalue weighted by Gasteiger charge is 2.35. The van der Waals surface area contributed by atoms with Crippen LogP contribution in [0.25, 0.3) is 0 Å². The molecule has 1 heterocycles. The second kappa shape index (κ2) is 18.2. The Morgan fingerprint density at radius 1 is 0.943 bits per heavy atom. The van der Waals surface area contributed by atoms with E-state index < -0.39 is 71.0 Å². The van der Waals surface area contributed by atoms with Gasteiger partial charge in [-0.1, -0.05) is 19.1 Å². The standard InChI is InChI=1S/C35H37F5N2O10S/c1-2-53(47,48)29-13-5-22(6-14-29)30(17-18-49-32(45)16-15-31(43)44)41-33(46)23-3-7-24(8-4-23)42-20-28(19-25(42)21-50-34(36)37)51-26-9-11-27(12-10-26)52-35(38,39)40/h3-14,25,28,30,34H,2,15-21H2,1H3,(H,41,46)(H,43,44)/t25-,28-,30?/m0/s1. The van der Waals surface area contributed by atoms with Gasteiger partial charge in [0.2, 0.25) is 0 Å². The van der Waals surface area contributed by atoms with Crippen LogP contribution in [0.4, 0.5) is 27.6 Å². The molecule has 1 fully saturated rings. The van der Waals surface area contributed by atoms with Crippen molar-refractivity contribution in [2.24, 2.45) is 0 Å². The second-order valence-corrected chi connectivity index (χ2v) is 14.1. The van der Waals surface area contributed by atoms with Crippen LogP contribution in [0.3, 0.4) is 0 Å². The summed E-state index contributed by atoms with van der Waals surface area (Å²) in [4.78, 5) is 38.0. The number of esters is 1. The summed E-state index contributed by atoms with van der Waals surface area (Å²) >= 11 is 0. The summed E-state index contributed by atoms with van der Waals surface area (Å²) in [5, 5.41) is 11.6. The predicted octanol–water partition coefficient (Wildman–Crippen LogP) is 5.91. The van der Waals surface area contributed by atoms with Gasteiger partial charge in [0.25, 0.3) is 5.91 Å². The third-order valence-corrected chi connectivity index (χ3v) is 9.90. The maximum absolute atomic E-state index is 13.4. The van der Waals surface area contributed by atoms with Crippen molar-refractivity contribution >= 4 is 33.4 Å². The van der Waals surface area contributed by atoms with E-state index in [1.54, 1.807) is 17.0 Å². The summed E-state index contributed by atoms with van der Waals surface area (Å²) in [6.45, 7) is -1.87. The zero-order chi connectivity index (χ0) is 38.8. The van der Waals surface area contributed by atoms with Gasteiger partial charge in [-0.3, -0.25) is 14.4 Å². The number of carbonyl (C=O) groups is 3. The monoisotopic (exact) mass is 772 g/mol. The van der Waals surface area contributed by atoms with E-state index in [-0.39, 0.29) is 61.0 Å². The molecule has 1 unspecified atom stereocenters. The fraction of sp³-hybridized carbons (Fsp3) is 0.400. The third kappa shape index (κ3) is 12.6. The van der Waals surface area contributed by atoms with Gasteiger partial charge in [-0.15, -0.1) is 13.2 Å². The largest absolute Gasteiger partial charge is 0.573 e. The molecule has 1 aliphatic rings. The summed E-state index contributed by atoms with van der Waals surface area (Å²) in [6, 6.07) is 15.5. The lowest BCUT2D eigenvalue weighted by molar-refractivity contribution is -0.274. The van der Waals surface area contributed by atoms with E-state index >= 15 is 0 Å². The predicted molar refractivity (Wildman–Crippen MR) is 179 cm³/mol. The summed E-state index contributed by atoms with van der Waals surface area (Å²) in [5.74, 6) is -2.76. The van der Waals surface area contributed by atoms with Gasteiger partial charge in [-0.25, -0.2) is 8.42 Å². The van der Waals surface area contributed by atoms with Gasteiger partial charge in [-0.05, 0) is 66.2 Å². The van der Waals surface area contributed by atoms with Crippen molar-refractivity contribution in [3.63, 3.8) is 0 Å². The molecule has 0 aliphatic carbocycles. The van der Waals surface area contributed by atoms with Gasteiger partial charge in [-0.2, -0.15) is 8.78 Å². The number of nitrogens with one attached hydrogen (secondary N) is 1. The van der Waals surface area contributed by atoms with Crippen molar-refractivity contribution in [1.29, 1.82) is 0 Å². The number of carboxylic acid groups (broad SMARTS) is 1. The molecule has 2 N–H and O–H groups in total. The minimum atomic E-state index is -4.86. The first kappa shape index (κ1) is 40.8. The van der Waals surface area contributed by atoms with Crippen LogP contribution in [-0.4, -0.2) is 82.0 Å². The van der Waals surface area contributed by atoms with Gasteiger partial charge in [0.1, 0.15) is 17.6 Å². The van der Waals surface area contributed by atoms with Crippen LogP contribution in [0.2, 0.25) is 0 Å². The van der Waals surface area contributed by atoms with Crippen LogP contribution < -0.4 is 19.7 Å². The van der Waals surface area contributed by atoms with Gasteiger partial charge in [0.05, 0.1) is 55.3 Å². The minimum Gasteiger partial charge on any atom is -0.489 e. The van der Waals surface area contributed by atoms with E-state index in [0.717, 1.165) is 12.1 Å². The maximum Gasteiger partial charge on any atom is 0.573 e. The number of carbonyl (C=O) groups excluding carboxylic acids is 2. The van der Waals surface area contributed by atoms with Crippen molar-refractivity contribution in [3.05, 3.63) is 83.9 Å². The fourth-order valence-electron chi connectivity index (χ4n) is 5.54. The molecule has 1 aliphatic heterocycles. The molecule has 1 saturated heterocycles. The fourth-order valence-corrected chi connectivity index (χ4v) is 6.43. The molecule has 288 valence electrons. The summed E-state index contributed by atoms with van der Waals surface area (Å²) < 4.78 is 108. The summed E-state index contributed by atoms with van der Waals surface area (Å²) in [6.07, 6.45) is -5.87. The Morgan fingerprint density at radius 3 is 2.17 bits per heavy atom. The summed E-state index contributed by atoms with van der Waals surface area (Å²) in [5.41, 5.74) is 1.26. The Morgan fingerprint density at radius 2 is 1.58 bits per heavy atom. The topological polar surface area (TPSA) is 158 Å². The van der Waals surface area contributed by atoms with Gasteiger partial charge in [0, 0.05) is 24.1 Å². The number of ether oxygens (including phenoxy) is 4. The molecule has 3 atom stereocenters. The number of sulfone groups is 1. The minimum absolute atomic E-state index is 0.0710. The van der Waals surface area contributed by atoms with Crippen LogP contribution in [0.5, 0.6) is 11.5 Å². The highest BCUT2D eigenvalue weighted by molar-refractivity contribution is 7.91. The molecule has 3 aromatic rings.